The van der Waals surface area contributed by atoms with Crippen molar-refractivity contribution < 1.29 is 9.31 Å². The minimum absolute atomic E-state index is 0.199. The lowest BCUT2D eigenvalue weighted by Crippen LogP contribution is -2.28. The number of benzene rings is 2. The third-order valence-electron chi connectivity index (χ3n) is 4.45. The summed E-state index contributed by atoms with van der Waals surface area (Å²) in [7, 11) is 0. The van der Waals surface area contributed by atoms with E-state index in [1.807, 2.05) is 18.2 Å². The predicted molar refractivity (Wildman–Crippen MR) is 91.4 cm³/mol. The number of nitro benzene ring substituents is 1. The number of nitrogens with zero attached hydrogens (tertiary/aromatic N) is 2. The van der Waals surface area contributed by atoms with Gasteiger partial charge < -0.3 is 5.32 Å². The highest BCUT2D eigenvalue weighted by Gasteiger charge is 2.29. The maximum atomic E-state index is 13.7. The standard InChI is InChI=1S/C18H20FN3O2/c1-13-9-16(12-21(13)11-14-5-3-2-4-6-14)20-15-7-8-18(22(23)24)17(19)10-15/h2-8,10,13,16,20H,9,11-12H2,1H3. The van der Waals surface area contributed by atoms with E-state index in [-0.39, 0.29) is 6.04 Å². The minimum Gasteiger partial charge on any atom is -0.381 e. The lowest BCUT2D eigenvalue weighted by atomic mass is 10.1. The lowest BCUT2D eigenvalue weighted by Gasteiger charge is -2.21. The first-order valence-electron chi connectivity index (χ1n) is 8.01. The molecule has 1 aliphatic rings. The zero-order valence-electron chi connectivity index (χ0n) is 13.5. The van der Waals surface area contributed by atoms with E-state index in [0.29, 0.717) is 11.7 Å². The SMILES string of the molecule is CC1CC(Nc2ccc([N+](=O)[O-])c(F)c2)CN1Cc1ccccc1. The molecule has 0 spiro atoms. The van der Waals surface area contributed by atoms with Crippen LogP contribution in [0.3, 0.4) is 0 Å². The number of nitro groups is 1. The van der Waals surface area contributed by atoms with E-state index in [1.54, 1.807) is 6.07 Å². The number of hydrogen-bond acceptors (Lipinski definition) is 4. The third kappa shape index (κ3) is 3.71. The van der Waals surface area contributed by atoms with Crippen LogP contribution in [0.4, 0.5) is 15.8 Å². The number of rotatable bonds is 5. The van der Waals surface area contributed by atoms with E-state index < -0.39 is 16.4 Å². The molecule has 1 N–H and O–H groups in total. The molecule has 0 amide bonds. The highest BCUT2D eigenvalue weighted by atomic mass is 19.1. The minimum atomic E-state index is -0.808. The second-order valence-corrected chi connectivity index (χ2v) is 6.26. The average Bonchev–Trinajstić information content (AvgIpc) is 2.87. The highest BCUT2D eigenvalue weighted by Crippen LogP contribution is 2.25. The molecule has 0 bridgehead atoms. The van der Waals surface area contributed by atoms with E-state index in [9.17, 15) is 14.5 Å². The van der Waals surface area contributed by atoms with Crippen LogP contribution in [-0.2, 0) is 6.54 Å². The summed E-state index contributed by atoms with van der Waals surface area (Å²) in [5, 5.41) is 14.0. The Morgan fingerprint density at radius 2 is 2.04 bits per heavy atom. The molecular formula is C18H20FN3O2. The predicted octanol–water partition coefficient (Wildman–Crippen LogP) is 3.81. The highest BCUT2D eigenvalue weighted by molar-refractivity contribution is 5.50. The average molecular weight is 329 g/mol. The van der Waals surface area contributed by atoms with Crippen molar-refractivity contribution >= 4 is 11.4 Å². The van der Waals surface area contributed by atoms with Crippen molar-refractivity contribution in [2.75, 3.05) is 11.9 Å². The summed E-state index contributed by atoms with van der Waals surface area (Å²) >= 11 is 0. The van der Waals surface area contributed by atoms with Gasteiger partial charge in [0.2, 0.25) is 5.82 Å². The number of halogens is 1. The van der Waals surface area contributed by atoms with Gasteiger partial charge in [-0.15, -0.1) is 0 Å². The van der Waals surface area contributed by atoms with Crippen LogP contribution in [0, 0.1) is 15.9 Å². The van der Waals surface area contributed by atoms with Crippen molar-refractivity contribution in [2.45, 2.75) is 32.0 Å². The van der Waals surface area contributed by atoms with E-state index in [1.165, 1.54) is 17.7 Å². The second kappa shape index (κ2) is 6.97. The molecule has 1 fully saturated rings. The molecule has 24 heavy (non-hydrogen) atoms. The largest absolute Gasteiger partial charge is 0.381 e. The normalized spacial score (nSPS) is 20.9. The molecule has 0 saturated carbocycles. The van der Waals surface area contributed by atoms with Gasteiger partial charge in [-0.25, -0.2) is 0 Å². The Kier molecular flexibility index (Phi) is 4.76. The van der Waals surface area contributed by atoms with Gasteiger partial charge in [0.1, 0.15) is 0 Å². The summed E-state index contributed by atoms with van der Waals surface area (Å²) in [5.41, 5.74) is 1.36. The van der Waals surface area contributed by atoms with Crippen LogP contribution >= 0.6 is 0 Å². The van der Waals surface area contributed by atoms with Crippen molar-refractivity contribution in [1.82, 2.24) is 4.90 Å². The zero-order valence-corrected chi connectivity index (χ0v) is 13.5. The molecule has 0 aliphatic carbocycles. The van der Waals surface area contributed by atoms with Gasteiger partial charge in [0.15, 0.2) is 0 Å². The molecular weight excluding hydrogens is 309 g/mol. The fourth-order valence-electron chi connectivity index (χ4n) is 3.22. The smallest absolute Gasteiger partial charge is 0.304 e. The fraction of sp³-hybridized carbons (Fsp3) is 0.333. The maximum Gasteiger partial charge on any atom is 0.304 e. The molecule has 2 unspecified atom stereocenters. The van der Waals surface area contributed by atoms with Crippen molar-refractivity contribution in [2.24, 2.45) is 0 Å². The van der Waals surface area contributed by atoms with Gasteiger partial charge in [-0.1, -0.05) is 30.3 Å². The van der Waals surface area contributed by atoms with Crippen molar-refractivity contribution in [1.29, 1.82) is 0 Å². The first-order valence-corrected chi connectivity index (χ1v) is 8.01. The molecule has 0 aromatic heterocycles. The summed E-state index contributed by atoms with van der Waals surface area (Å²) < 4.78 is 13.7. The molecule has 1 saturated heterocycles. The maximum absolute atomic E-state index is 13.7. The van der Waals surface area contributed by atoms with Gasteiger partial charge in [0.25, 0.3) is 0 Å². The van der Waals surface area contributed by atoms with E-state index in [2.05, 4.69) is 29.3 Å². The quantitative estimate of drug-likeness (QED) is 0.669. The first kappa shape index (κ1) is 16.4. The third-order valence-corrected chi connectivity index (χ3v) is 4.45. The van der Waals surface area contributed by atoms with Gasteiger partial charge in [-0.05, 0) is 25.0 Å². The van der Waals surface area contributed by atoms with Gasteiger partial charge in [0.05, 0.1) is 4.92 Å². The van der Waals surface area contributed by atoms with Crippen LogP contribution < -0.4 is 5.32 Å². The summed E-state index contributed by atoms with van der Waals surface area (Å²) in [6, 6.07) is 14.9. The molecule has 1 heterocycles. The molecule has 5 nitrogen and oxygen atoms in total. The fourth-order valence-corrected chi connectivity index (χ4v) is 3.22. The van der Waals surface area contributed by atoms with Crippen LogP contribution in [0.1, 0.15) is 18.9 Å². The van der Waals surface area contributed by atoms with Crippen LogP contribution in [-0.4, -0.2) is 28.5 Å². The van der Waals surface area contributed by atoms with E-state index in [4.69, 9.17) is 0 Å². The summed E-state index contributed by atoms with van der Waals surface area (Å²) in [6.07, 6.45) is 0.950. The molecule has 2 atom stereocenters. The molecule has 1 aliphatic heterocycles. The zero-order chi connectivity index (χ0) is 17.1. The summed E-state index contributed by atoms with van der Waals surface area (Å²) in [5.74, 6) is -0.808. The Labute approximate surface area is 140 Å². The molecule has 6 heteroatoms. The van der Waals surface area contributed by atoms with Crippen molar-refractivity contribution in [3.05, 3.63) is 70.0 Å². The number of nitrogens with one attached hydrogen (secondary N) is 1. The molecule has 0 radical (unpaired) electrons. The van der Waals surface area contributed by atoms with Crippen molar-refractivity contribution in [3.8, 4) is 0 Å². The number of hydrogen-bond donors (Lipinski definition) is 1. The molecule has 3 rings (SSSR count). The Hall–Kier alpha value is -2.47. The van der Waals surface area contributed by atoms with Gasteiger partial charge in [0, 0.05) is 43.0 Å². The Morgan fingerprint density at radius 3 is 2.71 bits per heavy atom. The van der Waals surface area contributed by atoms with Gasteiger partial charge in [-0.2, -0.15) is 4.39 Å². The topological polar surface area (TPSA) is 58.4 Å². The van der Waals surface area contributed by atoms with Crippen molar-refractivity contribution in [3.63, 3.8) is 0 Å². The Morgan fingerprint density at radius 1 is 1.29 bits per heavy atom. The van der Waals surface area contributed by atoms with Crippen LogP contribution in [0.2, 0.25) is 0 Å². The van der Waals surface area contributed by atoms with Crippen LogP contribution in [0.25, 0.3) is 0 Å². The van der Waals surface area contributed by atoms with Gasteiger partial charge in [-0.3, -0.25) is 15.0 Å². The Balaban J connectivity index is 1.63. The molecule has 2 aromatic rings. The first-order chi connectivity index (χ1) is 11.5. The van der Waals surface area contributed by atoms with E-state index >= 15 is 0 Å². The number of anilines is 1. The van der Waals surface area contributed by atoms with E-state index in [0.717, 1.165) is 19.5 Å². The van der Waals surface area contributed by atoms with Gasteiger partial charge >= 0.3 is 5.69 Å². The number of likely N-dealkylation sites (tertiary alicyclic amines) is 1. The lowest BCUT2D eigenvalue weighted by molar-refractivity contribution is -0.387. The van der Waals surface area contributed by atoms with Crippen LogP contribution in [0.5, 0.6) is 0 Å². The Bertz CT molecular complexity index is 723. The monoisotopic (exact) mass is 329 g/mol. The summed E-state index contributed by atoms with van der Waals surface area (Å²) in [6.45, 7) is 3.92. The van der Waals surface area contributed by atoms with Crippen LogP contribution in [0.15, 0.2) is 48.5 Å². The second-order valence-electron chi connectivity index (χ2n) is 6.26. The molecule has 2 aromatic carbocycles. The molecule has 126 valence electrons. The summed E-state index contributed by atoms with van der Waals surface area (Å²) in [4.78, 5) is 12.3.